The molecule has 2 saturated heterocycles. The molecular weight excluding hydrogens is 480 g/mol. The lowest BCUT2D eigenvalue weighted by molar-refractivity contribution is -0.125. The van der Waals surface area contributed by atoms with E-state index in [2.05, 4.69) is 25.2 Å². The second kappa shape index (κ2) is 9.18. The number of nitrogens with two attached hydrogens (primary N) is 2. The van der Waals surface area contributed by atoms with Crippen LogP contribution in [0, 0.1) is 5.82 Å². The van der Waals surface area contributed by atoms with Gasteiger partial charge < -0.3 is 26.3 Å². The van der Waals surface area contributed by atoms with Gasteiger partial charge in [0.1, 0.15) is 29.4 Å². The number of benzene rings is 1. The second-order valence-electron chi connectivity index (χ2n) is 10.5. The van der Waals surface area contributed by atoms with Crippen molar-refractivity contribution in [3.05, 3.63) is 41.7 Å². The minimum Gasteiger partial charge on any atom is -0.382 e. The third-order valence-corrected chi connectivity index (χ3v) is 7.71. The van der Waals surface area contributed by atoms with Gasteiger partial charge >= 0.3 is 0 Å². The number of hydrogen-bond acceptors (Lipinski definition) is 8. The van der Waals surface area contributed by atoms with Crippen LogP contribution in [0.15, 0.2) is 24.8 Å². The first-order valence-electron chi connectivity index (χ1n) is 12.7. The molecule has 0 unspecified atom stereocenters. The van der Waals surface area contributed by atoms with Gasteiger partial charge in [-0.3, -0.25) is 9.69 Å². The Morgan fingerprint density at radius 3 is 2.73 bits per heavy atom. The number of nitrogens with one attached hydrogen (secondary N) is 1. The summed E-state index contributed by atoms with van der Waals surface area (Å²) in [6.07, 6.45) is 4.98. The van der Waals surface area contributed by atoms with Gasteiger partial charge in [-0.15, -0.1) is 0 Å². The largest absolute Gasteiger partial charge is 0.382 e. The number of likely N-dealkylation sites (tertiary alicyclic amines) is 1. The van der Waals surface area contributed by atoms with Crippen molar-refractivity contribution in [2.24, 2.45) is 5.73 Å². The number of nitrogen functional groups attached to an aromatic ring is 1. The van der Waals surface area contributed by atoms with Gasteiger partial charge in [0.2, 0.25) is 5.91 Å². The van der Waals surface area contributed by atoms with Gasteiger partial charge in [-0.2, -0.15) is 0 Å². The molecule has 5 N–H and O–H groups in total. The molecule has 6 rings (SSSR count). The van der Waals surface area contributed by atoms with Gasteiger partial charge in [0, 0.05) is 55.6 Å². The number of aromatic nitrogens is 4. The number of fused-ring (bicyclic) bond motifs is 1. The van der Waals surface area contributed by atoms with Crippen LogP contribution in [-0.2, 0) is 17.9 Å². The quantitative estimate of drug-likeness (QED) is 0.433. The van der Waals surface area contributed by atoms with E-state index in [4.69, 9.17) is 11.5 Å². The summed E-state index contributed by atoms with van der Waals surface area (Å²) in [5.74, 6) is -0.229. The SMILES string of the molecule is Nc1ncnc2c1ncn2Cc1c(N2CC[C@](N)(C(=O)NC3CC3)C2)ccc(F)c1CN1CC[C@@H](F)C1. The maximum absolute atomic E-state index is 15.4. The number of anilines is 2. The van der Waals surface area contributed by atoms with Crippen molar-refractivity contribution in [1.82, 2.24) is 29.7 Å². The van der Waals surface area contributed by atoms with Crippen molar-refractivity contribution < 1.29 is 13.6 Å². The summed E-state index contributed by atoms with van der Waals surface area (Å²) in [6.45, 7) is 2.27. The smallest absolute Gasteiger partial charge is 0.242 e. The number of hydrogen-bond donors (Lipinski definition) is 3. The van der Waals surface area contributed by atoms with Crippen LogP contribution in [0.1, 0.15) is 36.8 Å². The third-order valence-electron chi connectivity index (χ3n) is 7.71. The number of alkyl halides is 1. The zero-order valence-corrected chi connectivity index (χ0v) is 20.5. The maximum atomic E-state index is 15.4. The van der Waals surface area contributed by atoms with E-state index in [1.807, 2.05) is 9.47 Å². The van der Waals surface area contributed by atoms with Crippen molar-refractivity contribution in [3.8, 4) is 0 Å². The zero-order valence-electron chi connectivity index (χ0n) is 20.5. The summed E-state index contributed by atoms with van der Waals surface area (Å²) < 4.78 is 31.2. The number of halogens is 2. The molecule has 2 aromatic heterocycles. The molecule has 1 saturated carbocycles. The van der Waals surface area contributed by atoms with Crippen LogP contribution < -0.4 is 21.7 Å². The Labute approximate surface area is 213 Å². The minimum absolute atomic E-state index is 0.139. The van der Waals surface area contributed by atoms with Crippen LogP contribution in [-0.4, -0.2) is 74.3 Å². The first-order chi connectivity index (χ1) is 17.8. The van der Waals surface area contributed by atoms with Crippen LogP contribution in [0.5, 0.6) is 0 Å². The van der Waals surface area contributed by atoms with Gasteiger partial charge in [-0.25, -0.2) is 23.7 Å². The average Bonchev–Trinajstić information content (AvgIpc) is 3.22. The molecule has 37 heavy (non-hydrogen) atoms. The van der Waals surface area contributed by atoms with E-state index in [1.165, 1.54) is 12.4 Å². The monoisotopic (exact) mass is 511 g/mol. The minimum atomic E-state index is -1.02. The lowest BCUT2D eigenvalue weighted by Gasteiger charge is -2.28. The van der Waals surface area contributed by atoms with Crippen LogP contribution >= 0.6 is 0 Å². The summed E-state index contributed by atoms with van der Waals surface area (Å²) in [6, 6.07) is 3.41. The van der Waals surface area contributed by atoms with Crippen molar-refractivity contribution in [2.45, 2.75) is 56.5 Å². The second-order valence-corrected chi connectivity index (χ2v) is 10.5. The number of amides is 1. The fourth-order valence-electron chi connectivity index (χ4n) is 5.41. The van der Waals surface area contributed by atoms with Crippen molar-refractivity contribution >= 4 is 28.6 Å². The number of rotatable bonds is 7. The summed E-state index contributed by atoms with van der Waals surface area (Å²) in [5, 5.41) is 3.03. The molecule has 4 heterocycles. The molecule has 196 valence electrons. The van der Waals surface area contributed by atoms with Crippen molar-refractivity contribution in [1.29, 1.82) is 0 Å². The van der Waals surface area contributed by atoms with E-state index in [0.29, 0.717) is 49.2 Å². The number of nitrogens with zero attached hydrogens (tertiary/aromatic N) is 6. The van der Waals surface area contributed by atoms with Crippen LogP contribution in [0.4, 0.5) is 20.3 Å². The number of carbonyl (C=O) groups excluding carboxylic acids is 1. The molecule has 1 amide bonds. The van der Waals surface area contributed by atoms with Crippen molar-refractivity contribution in [3.63, 3.8) is 0 Å². The Kier molecular flexibility index (Phi) is 5.95. The van der Waals surface area contributed by atoms with Crippen molar-refractivity contribution in [2.75, 3.05) is 36.8 Å². The molecular formula is C25H31F2N9O. The molecule has 3 fully saturated rings. The molecule has 12 heteroatoms. The maximum Gasteiger partial charge on any atom is 0.242 e. The summed E-state index contributed by atoms with van der Waals surface area (Å²) >= 11 is 0. The lowest BCUT2D eigenvalue weighted by Crippen LogP contribution is -2.56. The molecule has 0 bridgehead atoms. The number of carbonyl (C=O) groups is 1. The standard InChI is InChI=1S/C25H31F2N9O/c26-15-5-7-34(9-15)10-17-18(11-36-14-32-21-22(28)30-13-31-23(21)36)20(4-3-19(17)27)35-8-6-25(29,12-35)24(37)33-16-1-2-16/h3-4,13-16H,1-2,5-12,29H2,(H,33,37)(H2,28,30,31)/t15-,25-/m1/s1. The average molecular weight is 512 g/mol. The molecule has 0 radical (unpaired) electrons. The molecule has 0 spiro atoms. The number of imidazole rings is 1. The fourth-order valence-corrected chi connectivity index (χ4v) is 5.41. The molecule has 1 aliphatic carbocycles. The summed E-state index contributed by atoms with van der Waals surface area (Å²) in [5.41, 5.74) is 14.6. The summed E-state index contributed by atoms with van der Waals surface area (Å²) in [4.78, 5) is 29.6. The first-order valence-corrected chi connectivity index (χ1v) is 12.7. The van der Waals surface area contributed by atoms with E-state index in [0.717, 1.165) is 24.1 Å². The highest BCUT2D eigenvalue weighted by molar-refractivity contribution is 5.88. The summed E-state index contributed by atoms with van der Waals surface area (Å²) in [7, 11) is 0. The third kappa shape index (κ3) is 4.59. The van der Waals surface area contributed by atoms with E-state index in [1.54, 1.807) is 12.4 Å². The Bertz CT molecular complexity index is 1340. The van der Waals surface area contributed by atoms with E-state index >= 15 is 4.39 Å². The molecule has 1 aromatic carbocycles. The van der Waals surface area contributed by atoms with Crippen LogP contribution in [0.25, 0.3) is 11.2 Å². The van der Waals surface area contributed by atoms with Gasteiger partial charge in [-0.1, -0.05) is 0 Å². The van der Waals surface area contributed by atoms with Gasteiger partial charge in [0.15, 0.2) is 11.5 Å². The predicted octanol–water partition coefficient (Wildman–Crippen LogP) is 1.33. The van der Waals surface area contributed by atoms with E-state index in [9.17, 15) is 9.18 Å². The molecule has 3 aliphatic rings. The highest BCUT2D eigenvalue weighted by Gasteiger charge is 2.43. The Balaban J connectivity index is 1.37. The first kappa shape index (κ1) is 24.0. The highest BCUT2D eigenvalue weighted by atomic mass is 19.1. The molecule has 3 aromatic rings. The Morgan fingerprint density at radius 2 is 1.97 bits per heavy atom. The lowest BCUT2D eigenvalue weighted by atomic mass is 9.98. The Morgan fingerprint density at radius 1 is 1.14 bits per heavy atom. The van der Waals surface area contributed by atoms with Gasteiger partial charge in [0.05, 0.1) is 12.9 Å². The zero-order chi connectivity index (χ0) is 25.7. The molecule has 2 atom stereocenters. The predicted molar refractivity (Wildman–Crippen MR) is 135 cm³/mol. The van der Waals surface area contributed by atoms with Gasteiger partial charge in [-0.05, 0) is 37.8 Å². The Hall–Kier alpha value is -3.38. The normalized spacial score (nSPS) is 24.3. The van der Waals surface area contributed by atoms with E-state index < -0.39 is 11.7 Å². The fraction of sp³-hybridized carbons (Fsp3) is 0.520. The van der Waals surface area contributed by atoms with Gasteiger partial charge in [0.25, 0.3) is 0 Å². The molecule has 10 nitrogen and oxygen atoms in total. The molecule has 2 aliphatic heterocycles. The van der Waals surface area contributed by atoms with Crippen LogP contribution in [0.2, 0.25) is 0 Å². The van der Waals surface area contributed by atoms with Crippen LogP contribution in [0.3, 0.4) is 0 Å². The highest BCUT2D eigenvalue weighted by Crippen LogP contribution is 2.34. The topological polar surface area (TPSA) is 131 Å². The van der Waals surface area contributed by atoms with E-state index in [-0.39, 0.29) is 43.2 Å².